The van der Waals surface area contributed by atoms with Gasteiger partial charge in [0.25, 0.3) is 0 Å². The van der Waals surface area contributed by atoms with Gasteiger partial charge in [0.05, 0.1) is 12.0 Å². The lowest BCUT2D eigenvalue weighted by atomic mass is 9.72. The van der Waals surface area contributed by atoms with Crippen molar-refractivity contribution < 1.29 is 14.3 Å². The first kappa shape index (κ1) is 13.8. The molecule has 0 aromatic rings. The topological polar surface area (TPSA) is 35.5 Å². The van der Waals surface area contributed by atoms with E-state index in [0.717, 1.165) is 38.5 Å². The van der Waals surface area contributed by atoms with Crippen molar-refractivity contribution in [1.82, 2.24) is 0 Å². The Balaban J connectivity index is 1.71. The summed E-state index contributed by atoms with van der Waals surface area (Å²) in [6.45, 7) is 2.21. The van der Waals surface area contributed by atoms with Crippen LogP contribution in [0, 0.1) is 0 Å². The summed E-state index contributed by atoms with van der Waals surface area (Å²) in [6, 6.07) is 0. The molecule has 3 spiro atoms. The zero-order valence-electron chi connectivity index (χ0n) is 13.1. The van der Waals surface area contributed by atoms with Gasteiger partial charge in [0.15, 0.2) is 0 Å². The Morgan fingerprint density at radius 2 is 1.57 bits per heavy atom. The van der Waals surface area contributed by atoms with Gasteiger partial charge in [0.1, 0.15) is 11.2 Å². The molecule has 2 aliphatic heterocycles. The van der Waals surface area contributed by atoms with Crippen LogP contribution in [0.2, 0.25) is 0 Å². The highest BCUT2D eigenvalue weighted by atomic mass is 16.6. The van der Waals surface area contributed by atoms with Crippen molar-refractivity contribution in [2.24, 2.45) is 0 Å². The molecule has 0 aromatic carbocycles. The fourth-order valence-electron chi connectivity index (χ4n) is 5.23. The largest absolute Gasteiger partial charge is 0.456 e. The maximum absolute atomic E-state index is 12.1. The first-order chi connectivity index (χ1) is 10.1. The minimum Gasteiger partial charge on any atom is -0.456 e. The van der Waals surface area contributed by atoms with E-state index in [1.54, 1.807) is 0 Å². The average Bonchev–Trinajstić information content (AvgIpc) is 2.87. The molecule has 1 saturated heterocycles. The van der Waals surface area contributed by atoms with Crippen LogP contribution in [0.5, 0.6) is 0 Å². The number of esters is 1. The van der Waals surface area contributed by atoms with Crippen LogP contribution in [-0.4, -0.2) is 22.8 Å². The van der Waals surface area contributed by atoms with Crippen LogP contribution in [0.15, 0.2) is 11.6 Å². The van der Waals surface area contributed by atoms with Gasteiger partial charge in [-0.3, -0.25) is 4.79 Å². The molecule has 1 atom stereocenters. The summed E-state index contributed by atoms with van der Waals surface area (Å²) < 4.78 is 12.7. The third kappa shape index (κ3) is 1.86. The van der Waals surface area contributed by atoms with Gasteiger partial charge in [0, 0.05) is 0 Å². The maximum atomic E-state index is 12.1. The van der Waals surface area contributed by atoms with Crippen LogP contribution in [0.4, 0.5) is 0 Å². The van der Waals surface area contributed by atoms with Gasteiger partial charge in [-0.2, -0.15) is 0 Å². The summed E-state index contributed by atoms with van der Waals surface area (Å²) in [6.07, 6.45) is 14.2. The molecule has 0 bridgehead atoms. The highest BCUT2D eigenvalue weighted by Gasteiger charge is 2.65. The number of fused-ring (bicyclic) bond motifs is 1. The molecular formula is C18H26O3. The van der Waals surface area contributed by atoms with Crippen LogP contribution in [0.25, 0.3) is 0 Å². The molecule has 2 saturated carbocycles. The molecule has 4 aliphatic rings. The molecular weight excluding hydrogens is 264 g/mol. The Hall–Kier alpha value is -0.830. The summed E-state index contributed by atoms with van der Waals surface area (Å²) in [7, 11) is 0. The second-order valence-electron chi connectivity index (χ2n) is 7.58. The predicted octanol–water partition coefficient (Wildman–Crippen LogP) is 4.05. The molecule has 0 radical (unpaired) electrons. The van der Waals surface area contributed by atoms with Crippen LogP contribution in [-0.2, 0) is 14.3 Å². The molecule has 4 rings (SSSR count). The van der Waals surface area contributed by atoms with Crippen molar-refractivity contribution in [2.45, 2.75) is 94.4 Å². The summed E-state index contributed by atoms with van der Waals surface area (Å²) in [4.78, 5) is 12.1. The highest BCUT2D eigenvalue weighted by molar-refractivity contribution is 5.76. The van der Waals surface area contributed by atoms with Gasteiger partial charge < -0.3 is 9.47 Å². The number of carbonyl (C=O) groups is 1. The normalized spacial score (nSPS) is 37.2. The van der Waals surface area contributed by atoms with Gasteiger partial charge in [-0.1, -0.05) is 25.7 Å². The standard InChI is InChI=1S/C18H26O3/c1-14-12-18(21-16(14)8-4-2-5-9-16)13-15(19)20-17(18)10-6-3-7-11-17/h12H,2-11,13H2,1H3. The molecule has 21 heavy (non-hydrogen) atoms. The fourth-order valence-corrected chi connectivity index (χ4v) is 5.23. The lowest BCUT2D eigenvalue weighted by Crippen LogP contribution is -2.53. The van der Waals surface area contributed by atoms with Crippen LogP contribution >= 0.6 is 0 Å². The van der Waals surface area contributed by atoms with E-state index in [9.17, 15) is 4.79 Å². The van der Waals surface area contributed by atoms with E-state index >= 15 is 0 Å². The monoisotopic (exact) mass is 290 g/mol. The number of ether oxygens (including phenoxy) is 2. The fraction of sp³-hybridized carbons (Fsp3) is 0.833. The Morgan fingerprint density at radius 1 is 0.952 bits per heavy atom. The molecule has 0 N–H and O–H groups in total. The van der Waals surface area contributed by atoms with E-state index in [2.05, 4.69) is 13.0 Å². The molecule has 1 unspecified atom stereocenters. The smallest absolute Gasteiger partial charge is 0.309 e. The van der Waals surface area contributed by atoms with E-state index in [4.69, 9.17) is 9.47 Å². The van der Waals surface area contributed by atoms with Gasteiger partial charge in [-0.15, -0.1) is 0 Å². The molecule has 2 aliphatic carbocycles. The van der Waals surface area contributed by atoms with Crippen LogP contribution in [0.1, 0.15) is 77.6 Å². The predicted molar refractivity (Wildman–Crippen MR) is 79.9 cm³/mol. The lowest BCUT2D eigenvalue weighted by Gasteiger charge is -2.45. The van der Waals surface area contributed by atoms with E-state index in [1.165, 1.54) is 31.3 Å². The number of hydrogen-bond acceptors (Lipinski definition) is 3. The Kier molecular flexibility index (Phi) is 3.01. The van der Waals surface area contributed by atoms with Crippen molar-refractivity contribution >= 4 is 5.97 Å². The van der Waals surface area contributed by atoms with Crippen molar-refractivity contribution in [2.75, 3.05) is 0 Å². The minimum absolute atomic E-state index is 0.0613. The highest BCUT2D eigenvalue weighted by Crippen LogP contribution is 2.57. The SMILES string of the molecule is CC1=CC2(CC(=O)OC23CCCCC3)OC12CCCCC2. The van der Waals surface area contributed by atoms with E-state index in [-0.39, 0.29) is 17.2 Å². The minimum atomic E-state index is -0.466. The van der Waals surface area contributed by atoms with Gasteiger partial charge >= 0.3 is 5.97 Å². The molecule has 3 nitrogen and oxygen atoms in total. The van der Waals surface area contributed by atoms with Crippen LogP contribution < -0.4 is 0 Å². The quantitative estimate of drug-likeness (QED) is 0.498. The molecule has 116 valence electrons. The first-order valence-corrected chi connectivity index (χ1v) is 8.72. The second kappa shape index (κ2) is 4.58. The van der Waals surface area contributed by atoms with Gasteiger partial charge in [-0.05, 0) is 57.1 Å². The number of carbonyl (C=O) groups excluding carboxylic acids is 1. The molecule has 0 amide bonds. The second-order valence-corrected chi connectivity index (χ2v) is 7.58. The Labute approximate surface area is 127 Å². The first-order valence-electron chi connectivity index (χ1n) is 8.72. The Bertz CT molecular complexity index is 481. The summed E-state index contributed by atoms with van der Waals surface area (Å²) in [5, 5.41) is 0. The third-order valence-electron chi connectivity index (χ3n) is 6.36. The van der Waals surface area contributed by atoms with E-state index < -0.39 is 5.60 Å². The van der Waals surface area contributed by atoms with E-state index in [0.29, 0.717) is 6.42 Å². The molecule has 2 heterocycles. The zero-order valence-corrected chi connectivity index (χ0v) is 13.1. The third-order valence-corrected chi connectivity index (χ3v) is 6.36. The summed E-state index contributed by atoms with van der Waals surface area (Å²) in [5.41, 5.74) is 0.415. The summed E-state index contributed by atoms with van der Waals surface area (Å²) >= 11 is 0. The lowest BCUT2D eigenvalue weighted by molar-refractivity contribution is -0.189. The molecule has 3 fully saturated rings. The molecule has 0 aromatic heterocycles. The van der Waals surface area contributed by atoms with Gasteiger partial charge in [0.2, 0.25) is 0 Å². The van der Waals surface area contributed by atoms with Crippen molar-refractivity contribution in [1.29, 1.82) is 0 Å². The van der Waals surface area contributed by atoms with Crippen LogP contribution in [0.3, 0.4) is 0 Å². The summed E-state index contributed by atoms with van der Waals surface area (Å²) in [5.74, 6) is -0.0613. The van der Waals surface area contributed by atoms with Crippen molar-refractivity contribution in [3.8, 4) is 0 Å². The van der Waals surface area contributed by atoms with Crippen molar-refractivity contribution in [3.63, 3.8) is 0 Å². The zero-order chi connectivity index (χ0) is 14.6. The Morgan fingerprint density at radius 3 is 2.24 bits per heavy atom. The number of rotatable bonds is 0. The number of hydrogen-bond donors (Lipinski definition) is 0. The van der Waals surface area contributed by atoms with Crippen molar-refractivity contribution in [3.05, 3.63) is 11.6 Å². The molecule has 3 heteroatoms. The van der Waals surface area contributed by atoms with E-state index in [1.807, 2.05) is 0 Å². The van der Waals surface area contributed by atoms with Gasteiger partial charge in [-0.25, -0.2) is 0 Å². The average molecular weight is 290 g/mol. The maximum Gasteiger partial charge on any atom is 0.309 e.